The van der Waals surface area contributed by atoms with E-state index in [2.05, 4.69) is 5.32 Å². The molecule has 0 aromatic rings. The first-order chi connectivity index (χ1) is 8.76. The lowest BCUT2D eigenvalue weighted by atomic mass is 9.94. The number of amides is 1. The summed E-state index contributed by atoms with van der Waals surface area (Å²) in [7, 11) is 0. The Kier molecular flexibility index (Phi) is 5.01. The molecule has 4 heteroatoms. The van der Waals surface area contributed by atoms with E-state index >= 15 is 0 Å². The van der Waals surface area contributed by atoms with Gasteiger partial charge >= 0.3 is 0 Å². The average molecular weight is 254 g/mol. The van der Waals surface area contributed by atoms with Crippen LogP contribution in [0.3, 0.4) is 0 Å². The molecule has 0 radical (unpaired) electrons. The van der Waals surface area contributed by atoms with Crippen molar-refractivity contribution in [1.82, 2.24) is 5.32 Å². The van der Waals surface area contributed by atoms with E-state index in [4.69, 9.17) is 5.73 Å². The number of rotatable bonds is 5. The maximum Gasteiger partial charge on any atom is 0.223 e. The van der Waals surface area contributed by atoms with Crippen molar-refractivity contribution in [1.29, 1.82) is 0 Å². The van der Waals surface area contributed by atoms with Crippen LogP contribution in [-0.2, 0) is 4.79 Å². The van der Waals surface area contributed by atoms with Gasteiger partial charge < -0.3 is 16.2 Å². The second-order valence-electron chi connectivity index (χ2n) is 5.91. The van der Waals surface area contributed by atoms with Gasteiger partial charge in [-0.25, -0.2) is 0 Å². The van der Waals surface area contributed by atoms with Crippen LogP contribution in [0.1, 0.15) is 38.5 Å². The van der Waals surface area contributed by atoms with Crippen molar-refractivity contribution in [3.05, 3.63) is 0 Å². The SMILES string of the molecule is NCC1CCCC1C(=O)NCC1CCCC1CO. The number of hydrogen-bond donors (Lipinski definition) is 3. The quantitative estimate of drug-likeness (QED) is 0.682. The average Bonchev–Trinajstić information content (AvgIpc) is 3.03. The Bertz CT molecular complexity index is 283. The fourth-order valence-corrected chi connectivity index (χ4v) is 3.65. The lowest BCUT2D eigenvalue weighted by molar-refractivity contribution is -0.126. The van der Waals surface area contributed by atoms with E-state index in [1.807, 2.05) is 0 Å². The molecule has 1 amide bonds. The van der Waals surface area contributed by atoms with Crippen LogP contribution in [0.15, 0.2) is 0 Å². The Balaban J connectivity index is 1.77. The molecule has 0 aromatic heterocycles. The van der Waals surface area contributed by atoms with E-state index in [1.165, 1.54) is 6.42 Å². The summed E-state index contributed by atoms with van der Waals surface area (Å²) in [6.45, 7) is 1.62. The normalized spacial score (nSPS) is 35.9. The molecule has 0 saturated heterocycles. The molecule has 18 heavy (non-hydrogen) atoms. The zero-order valence-corrected chi connectivity index (χ0v) is 11.1. The molecular weight excluding hydrogens is 228 g/mol. The van der Waals surface area contributed by atoms with Crippen molar-refractivity contribution in [2.24, 2.45) is 29.4 Å². The second-order valence-corrected chi connectivity index (χ2v) is 5.91. The summed E-state index contributed by atoms with van der Waals surface area (Å²) in [6, 6.07) is 0. The predicted molar refractivity (Wildman–Crippen MR) is 70.8 cm³/mol. The highest BCUT2D eigenvalue weighted by Crippen LogP contribution is 2.32. The molecule has 0 aliphatic heterocycles. The van der Waals surface area contributed by atoms with E-state index in [0.717, 1.165) is 38.6 Å². The topological polar surface area (TPSA) is 75.4 Å². The molecule has 104 valence electrons. The molecule has 2 saturated carbocycles. The highest BCUT2D eigenvalue weighted by molar-refractivity contribution is 5.79. The molecule has 0 aromatic carbocycles. The summed E-state index contributed by atoms with van der Waals surface area (Å²) in [5, 5.41) is 12.4. The van der Waals surface area contributed by atoms with E-state index < -0.39 is 0 Å². The van der Waals surface area contributed by atoms with Crippen LogP contribution in [0, 0.1) is 23.7 Å². The molecule has 0 heterocycles. The molecule has 4 nitrogen and oxygen atoms in total. The fourth-order valence-electron chi connectivity index (χ4n) is 3.65. The van der Waals surface area contributed by atoms with Crippen molar-refractivity contribution < 1.29 is 9.90 Å². The van der Waals surface area contributed by atoms with Gasteiger partial charge in [-0.2, -0.15) is 0 Å². The summed E-state index contributed by atoms with van der Waals surface area (Å²) in [5.41, 5.74) is 5.71. The molecule has 0 bridgehead atoms. The van der Waals surface area contributed by atoms with Crippen LogP contribution in [0.5, 0.6) is 0 Å². The predicted octanol–water partition coefficient (Wildman–Crippen LogP) is 0.886. The number of carbonyl (C=O) groups excluding carboxylic acids is 1. The first-order valence-electron chi connectivity index (χ1n) is 7.35. The van der Waals surface area contributed by atoms with E-state index in [-0.39, 0.29) is 18.4 Å². The second kappa shape index (κ2) is 6.53. The van der Waals surface area contributed by atoms with Crippen molar-refractivity contribution >= 4 is 5.91 Å². The maximum atomic E-state index is 12.1. The number of aliphatic hydroxyl groups excluding tert-OH is 1. The monoisotopic (exact) mass is 254 g/mol. The van der Waals surface area contributed by atoms with Crippen LogP contribution in [0.25, 0.3) is 0 Å². The van der Waals surface area contributed by atoms with Crippen LogP contribution < -0.4 is 11.1 Å². The summed E-state index contributed by atoms with van der Waals surface area (Å²) < 4.78 is 0. The van der Waals surface area contributed by atoms with Crippen molar-refractivity contribution in [3.63, 3.8) is 0 Å². The van der Waals surface area contributed by atoms with Gasteiger partial charge in [0.05, 0.1) is 0 Å². The fraction of sp³-hybridized carbons (Fsp3) is 0.929. The lowest BCUT2D eigenvalue weighted by Crippen LogP contribution is -2.38. The van der Waals surface area contributed by atoms with E-state index in [0.29, 0.717) is 24.3 Å². The first-order valence-corrected chi connectivity index (χ1v) is 7.35. The maximum absolute atomic E-state index is 12.1. The lowest BCUT2D eigenvalue weighted by Gasteiger charge is -2.21. The molecule has 2 fully saturated rings. The molecule has 2 aliphatic carbocycles. The molecule has 4 atom stereocenters. The first kappa shape index (κ1) is 13.8. The third-order valence-electron chi connectivity index (χ3n) is 4.89. The van der Waals surface area contributed by atoms with Crippen LogP contribution in [0.2, 0.25) is 0 Å². The zero-order chi connectivity index (χ0) is 13.0. The molecule has 2 rings (SSSR count). The van der Waals surface area contributed by atoms with Gasteiger partial charge in [0.25, 0.3) is 0 Å². The largest absolute Gasteiger partial charge is 0.396 e. The number of aliphatic hydroxyl groups is 1. The van der Waals surface area contributed by atoms with Crippen LogP contribution in [0.4, 0.5) is 0 Å². The smallest absolute Gasteiger partial charge is 0.223 e. The van der Waals surface area contributed by atoms with Gasteiger partial charge in [0.15, 0.2) is 0 Å². The van der Waals surface area contributed by atoms with Crippen molar-refractivity contribution in [2.75, 3.05) is 19.7 Å². The van der Waals surface area contributed by atoms with E-state index in [9.17, 15) is 9.90 Å². The van der Waals surface area contributed by atoms with Gasteiger partial charge in [-0.3, -0.25) is 4.79 Å². The van der Waals surface area contributed by atoms with E-state index in [1.54, 1.807) is 0 Å². The summed E-state index contributed by atoms with van der Waals surface area (Å²) in [4.78, 5) is 12.1. The number of nitrogens with two attached hydrogens (primary N) is 1. The van der Waals surface area contributed by atoms with Gasteiger partial charge in [0.2, 0.25) is 5.91 Å². The summed E-state index contributed by atoms with van der Waals surface area (Å²) >= 11 is 0. The molecule has 0 spiro atoms. The molecule has 4 N–H and O–H groups in total. The van der Waals surface area contributed by atoms with Gasteiger partial charge in [-0.05, 0) is 50.0 Å². The highest BCUT2D eigenvalue weighted by atomic mass is 16.3. The molecule has 4 unspecified atom stereocenters. The van der Waals surface area contributed by atoms with Gasteiger partial charge in [-0.1, -0.05) is 12.8 Å². The standard InChI is InChI=1S/C14H26N2O2/c15-7-10-3-2-6-13(10)14(18)16-8-11-4-1-5-12(11)9-17/h10-13,17H,1-9,15H2,(H,16,18). The Labute approximate surface area is 109 Å². The zero-order valence-electron chi connectivity index (χ0n) is 11.1. The number of carbonyl (C=O) groups is 1. The summed E-state index contributed by atoms with van der Waals surface area (Å²) in [6.07, 6.45) is 6.63. The minimum atomic E-state index is 0.129. The Hall–Kier alpha value is -0.610. The third-order valence-corrected chi connectivity index (χ3v) is 4.89. The minimum absolute atomic E-state index is 0.129. The Morgan fingerprint density at radius 3 is 2.50 bits per heavy atom. The van der Waals surface area contributed by atoms with Crippen molar-refractivity contribution in [3.8, 4) is 0 Å². The number of hydrogen-bond acceptors (Lipinski definition) is 3. The molecular formula is C14H26N2O2. The van der Waals surface area contributed by atoms with Gasteiger partial charge in [0, 0.05) is 19.1 Å². The summed E-state index contributed by atoms with van der Waals surface area (Å²) in [5.74, 6) is 1.55. The van der Waals surface area contributed by atoms with Crippen LogP contribution in [-0.4, -0.2) is 30.7 Å². The Morgan fingerprint density at radius 2 is 1.78 bits per heavy atom. The minimum Gasteiger partial charge on any atom is -0.396 e. The van der Waals surface area contributed by atoms with Crippen LogP contribution >= 0.6 is 0 Å². The Morgan fingerprint density at radius 1 is 1.11 bits per heavy atom. The van der Waals surface area contributed by atoms with Gasteiger partial charge in [0.1, 0.15) is 0 Å². The third kappa shape index (κ3) is 3.04. The number of nitrogens with one attached hydrogen (secondary N) is 1. The highest BCUT2D eigenvalue weighted by Gasteiger charge is 2.33. The molecule has 2 aliphatic rings. The van der Waals surface area contributed by atoms with Crippen molar-refractivity contribution in [2.45, 2.75) is 38.5 Å². The van der Waals surface area contributed by atoms with Gasteiger partial charge in [-0.15, -0.1) is 0 Å².